The third-order valence-corrected chi connectivity index (χ3v) is 5.96. The molecule has 0 amide bonds. The van der Waals surface area contributed by atoms with E-state index in [9.17, 15) is 8.42 Å². The van der Waals surface area contributed by atoms with Gasteiger partial charge < -0.3 is 19.5 Å². The van der Waals surface area contributed by atoms with Crippen LogP contribution in [-0.2, 0) is 17.1 Å². The van der Waals surface area contributed by atoms with Crippen molar-refractivity contribution >= 4 is 38.7 Å². The van der Waals surface area contributed by atoms with Gasteiger partial charge in [0.05, 0.1) is 36.8 Å². The second-order valence-electron chi connectivity index (χ2n) is 7.37. The quantitative estimate of drug-likeness (QED) is 0.550. The number of methoxy groups -OCH3 is 1. The second kappa shape index (κ2) is 8.20. The lowest BCUT2D eigenvalue weighted by Gasteiger charge is -2.28. The van der Waals surface area contributed by atoms with Gasteiger partial charge >= 0.3 is 0 Å². The van der Waals surface area contributed by atoms with E-state index in [1.54, 1.807) is 18.3 Å². The number of hydrogen-bond acceptors (Lipinski definition) is 5. The summed E-state index contributed by atoms with van der Waals surface area (Å²) in [5.41, 5.74) is 3.09. The molecule has 1 fully saturated rings. The van der Waals surface area contributed by atoms with E-state index in [0.717, 1.165) is 23.2 Å². The van der Waals surface area contributed by atoms with Crippen molar-refractivity contribution in [3.63, 3.8) is 0 Å². The Kier molecular flexibility index (Phi) is 5.59. The SMILES string of the molecule is COc1cc(N2C(=S)N[C@H](c3ccccn3)[C@H]2c2ccn(C)c2)ccc1NS(C)(=O)=O. The van der Waals surface area contributed by atoms with Crippen molar-refractivity contribution in [2.24, 2.45) is 7.05 Å². The van der Waals surface area contributed by atoms with Crippen LogP contribution in [0, 0.1) is 0 Å². The van der Waals surface area contributed by atoms with Gasteiger partial charge in [-0.1, -0.05) is 6.07 Å². The van der Waals surface area contributed by atoms with Crippen molar-refractivity contribution in [2.75, 3.05) is 23.0 Å². The molecule has 1 saturated heterocycles. The Morgan fingerprint density at radius 3 is 2.65 bits per heavy atom. The molecule has 1 aliphatic rings. The minimum atomic E-state index is -3.44. The summed E-state index contributed by atoms with van der Waals surface area (Å²) in [4.78, 5) is 6.55. The molecule has 3 aromatic rings. The van der Waals surface area contributed by atoms with Crippen molar-refractivity contribution in [1.82, 2.24) is 14.9 Å². The molecular formula is C21H23N5O3S2. The summed E-state index contributed by atoms with van der Waals surface area (Å²) in [5, 5.41) is 3.95. The molecule has 1 aromatic carbocycles. The monoisotopic (exact) mass is 457 g/mol. The number of hydrogen-bond donors (Lipinski definition) is 2. The Bertz CT molecular complexity index is 1210. The van der Waals surface area contributed by atoms with Crippen molar-refractivity contribution in [2.45, 2.75) is 12.1 Å². The number of sulfonamides is 1. The minimum Gasteiger partial charge on any atom is -0.494 e. The molecule has 3 heterocycles. The Morgan fingerprint density at radius 2 is 2.03 bits per heavy atom. The molecule has 2 N–H and O–H groups in total. The van der Waals surface area contributed by atoms with Gasteiger partial charge in [-0.2, -0.15) is 0 Å². The minimum absolute atomic E-state index is 0.151. The smallest absolute Gasteiger partial charge is 0.229 e. The molecule has 1 aliphatic heterocycles. The first kappa shape index (κ1) is 21.1. The number of aromatic nitrogens is 2. The van der Waals surface area contributed by atoms with Crippen molar-refractivity contribution in [1.29, 1.82) is 0 Å². The third-order valence-electron chi connectivity index (χ3n) is 5.05. The van der Waals surface area contributed by atoms with E-state index in [2.05, 4.69) is 27.3 Å². The third kappa shape index (κ3) is 4.35. The number of nitrogens with zero attached hydrogens (tertiary/aromatic N) is 3. The zero-order valence-electron chi connectivity index (χ0n) is 17.3. The zero-order valence-corrected chi connectivity index (χ0v) is 18.9. The van der Waals surface area contributed by atoms with Gasteiger partial charge in [-0.15, -0.1) is 0 Å². The summed E-state index contributed by atoms with van der Waals surface area (Å²) >= 11 is 5.71. The average molecular weight is 458 g/mol. The summed E-state index contributed by atoms with van der Waals surface area (Å²) < 4.78 is 33.3. The highest BCUT2D eigenvalue weighted by Crippen LogP contribution is 2.43. The van der Waals surface area contributed by atoms with Gasteiger partial charge in [0, 0.05) is 37.4 Å². The number of pyridine rings is 1. The van der Waals surface area contributed by atoms with Crippen LogP contribution in [0.2, 0.25) is 0 Å². The maximum Gasteiger partial charge on any atom is 0.229 e. The van der Waals surface area contributed by atoms with E-state index in [-0.39, 0.29) is 12.1 Å². The van der Waals surface area contributed by atoms with E-state index in [1.165, 1.54) is 7.11 Å². The maximum atomic E-state index is 11.7. The fourth-order valence-electron chi connectivity index (χ4n) is 3.79. The van der Waals surface area contributed by atoms with Gasteiger partial charge in [0.1, 0.15) is 5.75 Å². The summed E-state index contributed by atoms with van der Waals surface area (Å²) in [7, 11) is 0.0288. The predicted molar refractivity (Wildman–Crippen MR) is 125 cm³/mol. The van der Waals surface area contributed by atoms with E-state index < -0.39 is 10.0 Å². The molecule has 0 bridgehead atoms. The summed E-state index contributed by atoms with van der Waals surface area (Å²) in [6.07, 6.45) is 6.91. The number of aryl methyl sites for hydroxylation is 1. The first-order valence-electron chi connectivity index (χ1n) is 9.55. The molecule has 0 aliphatic carbocycles. The molecule has 31 heavy (non-hydrogen) atoms. The predicted octanol–water partition coefficient (Wildman–Crippen LogP) is 2.98. The lowest BCUT2D eigenvalue weighted by molar-refractivity contribution is 0.417. The number of thiocarbonyl (C=S) groups is 1. The molecule has 4 rings (SSSR count). The van der Waals surface area contributed by atoms with Gasteiger partial charge in [-0.3, -0.25) is 9.71 Å². The maximum absolute atomic E-state index is 11.7. The number of nitrogens with one attached hydrogen (secondary N) is 2. The Hall–Kier alpha value is -3.11. The molecule has 0 unspecified atom stereocenters. The number of anilines is 2. The average Bonchev–Trinajstić information content (AvgIpc) is 3.30. The zero-order chi connectivity index (χ0) is 22.2. The normalized spacial score (nSPS) is 18.7. The van der Waals surface area contributed by atoms with Crippen LogP contribution in [0.15, 0.2) is 61.1 Å². The molecule has 10 heteroatoms. The first-order chi connectivity index (χ1) is 14.8. The Labute approximate surface area is 186 Å². The highest BCUT2D eigenvalue weighted by Gasteiger charge is 2.41. The number of rotatable bonds is 6. The van der Waals surface area contributed by atoms with Crippen molar-refractivity contribution < 1.29 is 13.2 Å². The molecule has 0 radical (unpaired) electrons. The van der Waals surface area contributed by atoms with E-state index in [0.29, 0.717) is 16.5 Å². The Balaban J connectivity index is 1.79. The molecule has 2 aromatic heterocycles. The van der Waals surface area contributed by atoms with Crippen molar-refractivity contribution in [3.8, 4) is 5.75 Å². The fourth-order valence-corrected chi connectivity index (χ4v) is 4.70. The fraction of sp³-hybridized carbons (Fsp3) is 0.238. The molecule has 0 saturated carbocycles. The van der Waals surface area contributed by atoms with E-state index in [1.807, 2.05) is 47.0 Å². The van der Waals surface area contributed by atoms with Gasteiger partial charge in [0.2, 0.25) is 10.0 Å². The molecular weight excluding hydrogens is 434 g/mol. The van der Waals surface area contributed by atoms with Crippen LogP contribution in [0.3, 0.4) is 0 Å². The summed E-state index contributed by atoms with van der Waals surface area (Å²) in [5.74, 6) is 0.402. The standard InChI is InChI=1S/C21H23N5O3S2/c1-25-11-9-14(13-25)20-19(17-6-4-5-10-22-17)23-21(30)26(20)15-7-8-16(18(12-15)29-2)24-31(3,27)28/h4-13,19-20,24H,1-3H3,(H,23,30)/t19-,20-/m1/s1. The highest BCUT2D eigenvalue weighted by atomic mass is 32.2. The van der Waals surface area contributed by atoms with Gasteiger partial charge in [0.15, 0.2) is 5.11 Å². The van der Waals surface area contributed by atoms with Gasteiger partial charge in [-0.25, -0.2) is 8.42 Å². The lowest BCUT2D eigenvalue weighted by atomic mass is 9.98. The molecule has 0 spiro atoms. The Morgan fingerprint density at radius 1 is 1.23 bits per heavy atom. The van der Waals surface area contributed by atoms with Crippen LogP contribution in [0.25, 0.3) is 0 Å². The molecule has 2 atom stereocenters. The van der Waals surface area contributed by atoms with Crippen LogP contribution < -0.4 is 19.7 Å². The number of benzene rings is 1. The van der Waals surface area contributed by atoms with E-state index >= 15 is 0 Å². The van der Waals surface area contributed by atoms with Gasteiger partial charge in [-0.05, 0) is 48.1 Å². The topological polar surface area (TPSA) is 88.5 Å². The van der Waals surface area contributed by atoms with Crippen molar-refractivity contribution in [3.05, 3.63) is 72.3 Å². The molecule has 8 nitrogen and oxygen atoms in total. The van der Waals surface area contributed by atoms with Crippen LogP contribution in [0.1, 0.15) is 23.3 Å². The van der Waals surface area contributed by atoms with Crippen LogP contribution in [0.5, 0.6) is 5.75 Å². The van der Waals surface area contributed by atoms with Gasteiger partial charge in [0.25, 0.3) is 0 Å². The summed E-state index contributed by atoms with van der Waals surface area (Å²) in [6.45, 7) is 0. The highest BCUT2D eigenvalue weighted by molar-refractivity contribution is 7.92. The summed E-state index contributed by atoms with van der Waals surface area (Å²) in [6, 6.07) is 12.8. The second-order valence-corrected chi connectivity index (χ2v) is 9.50. The molecule has 162 valence electrons. The first-order valence-corrected chi connectivity index (χ1v) is 11.8. The van der Waals surface area contributed by atoms with Crippen LogP contribution >= 0.6 is 12.2 Å². The van der Waals surface area contributed by atoms with E-state index in [4.69, 9.17) is 17.0 Å². The van der Waals surface area contributed by atoms with Crippen LogP contribution in [0.4, 0.5) is 11.4 Å². The largest absolute Gasteiger partial charge is 0.494 e. The van der Waals surface area contributed by atoms with Crippen LogP contribution in [-0.4, -0.2) is 36.4 Å². The lowest BCUT2D eigenvalue weighted by Crippen LogP contribution is -2.29. The number of ether oxygens (including phenoxy) is 1.